The van der Waals surface area contributed by atoms with Crippen LogP contribution in [0.2, 0.25) is 0 Å². The summed E-state index contributed by atoms with van der Waals surface area (Å²) in [6, 6.07) is -0.982. The first-order valence-electron chi connectivity index (χ1n) is 10.7. The van der Waals surface area contributed by atoms with Crippen molar-refractivity contribution in [1.29, 1.82) is 0 Å². The number of aromatic nitrogens is 1. The van der Waals surface area contributed by atoms with E-state index in [2.05, 4.69) is 15.5 Å². The van der Waals surface area contributed by atoms with Crippen LogP contribution in [0, 0.1) is 10.8 Å². The standard InChI is InChI=1S/C20H26N6O9S2/c1-19(2,3)15(29)34-8-35-16(30)20(6-33-18(22)31)5-26-13(28)11(14(26)37-7-20)24-12(27)10(25-32)9-4-36-17(21)23-9/h4,11,14,32H,5-8H2,1-3H3,(H2,21,23)(H2,22,31)(H,24,27)/t11?,14-,20?/m1/s1. The van der Waals surface area contributed by atoms with E-state index in [9.17, 15) is 29.2 Å². The quantitative estimate of drug-likeness (QED) is 0.0789. The van der Waals surface area contributed by atoms with E-state index < -0.39 is 71.2 Å². The third-order valence-electron chi connectivity index (χ3n) is 5.43. The summed E-state index contributed by atoms with van der Waals surface area (Å²) in [7, 11) is 0. The number of nitrogens with zero attached hydrogens (tertiary/aromatic N) is 3. The topological polar surface area (TPSA) is 226 Å². The maximum atomic E-state index is 13.0. The molecule has 6 N–H and O–H groups in total. The Hall–Kier alpha value is -3.60. The monoisotopic (exact) mass is 558 g/mol. The minimum Gasteiger partial charge on any atom is -0.448 e. The van der Waals surface area contributed by atoms with Gasteiger partial charge in [-0.1, -0.05) is 5.16 Å². The normalized spacial score (nSPS) is 23.4. The Kier molecular flexibility index (Phi) is 8.16. The van der Waals surface area contributed by atoms with E-state index in [0.29, 0.717) is 0 Å². The number of β-lactam (4-membered cyclic amide) rings is 1. The third kappa shape index (κ3) is 6.04. The molecule has 2 fully saturated rings. The number of nitrogens with one attached hydrogen (secondary N) is 1. The van der Waals surface area contributed by atoms with Gasteiger partial charge in [-0.25, -0.2) is 9.78 Å². The number of anilines is 1. The Balaban J connectivity index is 1.66. The zero-order chi connectivity index (χ0) is 27.5. The highest BCUT2D eigenvalue weighted by Gasteiger charge is 2.58. The van der Waals surface area contributed by atoms with Crippen LogP contribution in [0.5, 0.6) is 0 Å². The van der Waals surface area contributed by atoms with Crippen molar-refractivity contribution in [3.63, 3.8) is 0 Å². The summed E-state index contributed by atoms with van der Waals surface area (Å²) in [6.45, 7) is 3.52. The van der Waals surface area contributed by atoms with Crippen LogP contribution >= 0.6 is 23.1 Å². The van der Waals surface area contributed by atoms with Crippen molar-refractivity contribution in [2.24, 2.45) is 21.7 Å². The Morgan fingerprint density at radius 2 is 2.00 bits per heavy atom. The SMILES string of the molecule is CC(C)(C)C(=O)OCOC(=O)C1(COC(N)=O)CS[C@@H]2C(NC(=O)C(=NO)c3csc(N)n3)C(=O)N2C1. The molecule has 0 aliphatic carbocycles. The molecule has 15 nitrogen and oxygen atoms in total. The molecular formula is C20H26N6O9S2. The van der Waals surface area contributed by atoms with Crippen LogP contribution < -0.4 is 16.8 Å². The highest BCUT2D eigenvalue weighted by Crippen LogP contribution is 2.43. The number of fused-ring (bicyclic) bond motifs is 1. The fraction of sp³-hybridized carbons (Fsp3) is 0.550. The van der Waals surface area contributed by atoms with Gasteiger partial charge in [0.15, 0.2) is 10.8 Å². The van der Waals surface area contributed by atoms with E-state index in [-0.39, 0.29) is 23.1 Å². The molecule has 2 saturated heterocycles. The van der Waals surface area contributed by atoms with Crippen LogP contribution in [0.3, 0.4) is 0 Å². The van der Waals surface area contributed by atoms with Crippen molar-refractivity contribution in [1.82, 2.24) is 15.2 Å². The minimum absolute atomic E-state index is 0.0245. The van der Waals surface area contributed by atoms with Gasteiger partial charge in [-0.05, 0) is 20.8 Å². The average Bonchev–Trinajstić information content (AvgIpc) is 3.26. The number of thioether (sulfide) groups is 1. The molecule has 17 heteroatoms. The molecule has 1 aromatic rings. The van der Waals surface area contributed by atoms with E-state index >= 15 is 0 Å². The molecule has 3 atom stereocenters. The maximum absolute atomic E-state index is 13.0. The summed E-state index contributed by atoms with van der Waals surface area (Å²) < 4.78 is 14.9. The largest absolute Gasteiger partial charge is 0.448 e. The van der Waals surface area contributed by atoms with Crippen molar-refractivity contribution in [2.75, 3.05) is 31.4 Å². The first kappa shape index (κ1) is 28.0. The van der Waals surface area contributed by atoms with Gasteiger partial charge in [-0.3, -0.25) is 19.2 Å². The lowest BCUT2D eigenvalue weighted by Crippen LogP contribution is -2.74. The van der Waals surface area contributed by atoms with E-state index in [4.69, 9.17) is 25.7 Å². The second-order valence-corrected chi connectivity index (χ2v) is 11.3. The van der Waals surface area contributed by atoms with Crippen LogP contribution in [0.25, 0.3) is 0 Å². The van der Waals surface area contributed by atoms with Gasteiger partial charge in [0.2, 0.25) is 12.7 Å². The Labute approximate surface area is 218 Å². The summed E-state index contributed by atoms with van der Waals surface area (Å²) in [6.07, 6.45) is -1.13. The van der Waals surface area contributed by atoms with E-state index in [1.807, 2.05) is 0 Å². The number of nitrogens with two attached hydrogens (primary N) is 2. The number of ether oxygens (including phenoxy) is 3. The van der Waals surface area contributed by atoms with Gasteiger partial charge in [-0.15, -0.1) is 23.1 Å². The molecule has 0 spiro atoms. The van der Waals surface area contributed by atoms with E-state index in [1.54, 1.807) is 20.8 Å². The lowest BCUT2D eigenvalue weighted by molar-refractivity contribution is -0.182. The minimum atomic E-state index is -1.50. The maximum Gasteiger partial charge on any atom is 0.404 e. The second kappa shape index (κ2) is 10.8. The van der Waals surface area contributed by atoms with Crippen molar-refractivity contribution >= 4 is 63.8 Å². The molecule has 2 aliphatic rings. The Morgan fingerprint density at radius 1 is 1.30 bits per heavy atom. The van der Waals surface area contributed by atoms with Gasteiger partial charge in [0, 0.05) is 17.7 Å². The van der Waals surface area contributed by atoms with E-state index in [1.165, 1.54) is 10.3 Å². The molecule has 2 unspecified atom stereocenters. The van der Waals surface area contributed by atoms with Gasteiger partial charge in [0.1, 0.15) is 29.1 Å². The van der Waals surface area contributed by atoms with Gasteiger partial charge < -0.3 is 41.1 Å². The number of amides is 3. The van der Waals surface area contributed by atoms with Gasteiger partial charge in [-0.2, -0.15) is 0 Å². The number of oxime groups is 1. The fourth-order valence-electron chi connectivity index (χ4n) is 3.43. The number of carbonyl (C=O) groups excluding carboxylic acids is 5. The molecule has 0 saturated carbocycles. The molecule has 0 bridgehead atoms. The van der Waals surface area contributed by atoms with Crippen LogP contribution in [-0.4, -0.2) is 87.8 Å². The number of hydrogen-bond acceptors (Lipinski definition) is 14. The second-order valence-electron chi connectivity index (χ2n) is 9.26. The molecule has 1 aromatic heterocycles. The summed E-state index contributed by atoms with van der Waals surface area (Å²) in [5.74, 6) is -2.81. The number of rotatable bonds is 8. The third-order valence-corrected chi connectivity index (χ3v) is 7.69. The number of hydrogen-bond donors (Lipinski definition) is 4. The zero-order valence-electron chi connectivity index (χ0n) is 20.1. The number of nitrogen functional groups attached to an aromatic ring is 1. The predicted octanol–water partition coefficient (Wildman–Crippen LogP) is -0.525. The number of thiazole rings is 1. The fourth-order valence-corrected chi connectivity index (χ4v) is 5.50. The van der Waals surface area contributed by atoms with Crippen LogP contribution in [0.4, 0.5) is 9.93 Å². The van der Waals surface area contributed by atoms with Crippen LogP contribution in [0.15, 0.2) is 10.5 Å². The summed E-state index contributed by atoms with van der Waals surface area (Å²) in [5, 5.41) is 15.7. The highest BCUT2D eigenvalue weighted by molar-refractivity contribution is 8.00. The van der Waals surface area contributed by atoms with E-state index in [0.717, 1.165) is 23.1 Å². The molecule has 0 aromatic carbocycles. The molecule has 2 aliphatic heterocycles. The molecule has 0 radical (unpaired) electrons. The lowest BCUT2D eigenvalue weighted by Gasteiger charge is -2.53. The molecule has 3 amide bonds. The van der Waals surface area contributed by atoms with Crippen LogP contribution in [-0.2, 0) is 33.4 Å². The molecule has 3 rings (SSSR count). The lowest BCUT2D eigenvalue weighted by atomic mass is 9.88. The summed E-state index contributed by atoms with van der Waals surface area (Å²) >= 11 is 2.17. The van der Waals surface area contributed by atoms with Crippen molar-refractivity contribution in [2.45, 2.75) is 32.2 Å². The Bertz CT molecular complexity index is 1130. The van der Waals surface area contributed by atoms with Crippen molar-refractivity contribution in [3.05, 3.63) is 11.1 Å². The summed E-state index contributed by atoms with van der Waals surface area (Å²) in [5.41, 5.74) is 7.93. The smallest absolute Gasteiger partial charge is 0.404 e. The van der Waals surface area contributed by atoms with Gasteiger partial charge in [0.05, 0.1) is 5.41 Å². The first-order chi connectivity index (χ1) is 17.3. The average molecular weight is 559 g/mol. The first-order valence-corrected chi connectivity index (χ1v) is 12.6. The van der Waals surface area contributed by atoms with Gasteiger partial charge >= 0.3 is 18.0 Å². The molecule has 37 heavy (non-hydrogen) atoms. The molecule has 202 valence electrons. The number of esters is 2. The Morgan fingerprint density at radius 3 is 2.57 bits per heavy atom. The van der Waals surface area contributed by atoms with Crippen LogP contribution in [0.1, 0.15) is 26.5 Å². The predicted molar refractivity (Wildman–Crippen MR) is 129 cm³/mol. The summed E-state index contributed by atoms with van der Waals surface area (Å²) in [4.78, 5) is 66.8. The molecular weight excluding hydrogens is 532 g/mol. The van der Waals surface area contributed by atoms with Gasteiger partial charge in [0.25, 0.3) is 5.91 Å². The molecule has 3 heterocycles. The van der Waals surface area contributed by atoms with Crippen molar-refractivity contribution in [3.8, 4) is 0 Å². The number of primary amides is 1. The van der Waals surface area contributed by atoms with Crippen molar-refractivity contribution < 1.29 is 43.4 Å². The zero-order valence-corrected chi connectivity index (χ0v) is 21.7. The highest BCUT2D eigenvalue weighted by atomic mass is 32.2. The number of carbonyl (C=O) groups is 5.